The van der Waals surface area contributed by atoms with E-state index in [1.807, 2.05) is 6.92 Å². The molecule has 1 fully saturated rings. The van der Waals surface area contributed by atoms with Crippen LogP contribution < -0.4 is 4.90 Å². The number of amides is 1. The summed E-state index contributed by atoms with van der Waals surface area (Å²) < 4.78 is 0. The molecule has 3 atom stereocenters. The first-order valence-corrected chi connectivity index (χ1v) is 7.52. The molecule has 5 heteroatoms. The van der Waals surface area contributed by atoms with Crippen molar-refractivity contribution in [3.8, 4) is 0 Å². The molecule has 114 valence electrons. The highest BCUT2D eigenvalue weighted by molar-refractivity contribution is 5.97. The van der Waals surface area contributed by atoms with Gasteiger partial charge in [-0.2, -0.15) is 0 Å². The fourth-order valence-corrected chi connectivity index (χ4v) is 3.21. The summed E-state index contributed by atoms with van der Waals surface area (Å²) in [5, 5.41) is 9.39. The van der Waals surface area contributed by atoms with Gasteiger partial charge in [-0.3, -0.25) is 14.6 Å². The number of carbonyl (C=O) groups excluding carboxylic acids is 1. The Labute approximate surface area is 125 Å². The molecule has 0 bridgehead atoms. The van der Waals surface area contributed by atoms with Crippen LogP contribution in [0.5, 0.6) is 0 Å². The van der Waals surface area contributed by atoms with Crippen molar-refractivity contribution in [3.05, 3.63) is 24.5 Å². The third-order valence-electron chi connectivity index (χ3n) is 4.43. The van der Waals surface area contributed by atoms with Crippen LogP contribution in [0.15, 0.2) is 24.5 Å². The van der Waals surface area contributed by atoms with E-state index in [2.05, 4.69) is 11.9 Å². The maximum atomic E-state index is 12.8. The monoisotopic (exact) mass is 290 g/mol. The maximum absolute atomic E-state index is 12.8. The number of carboxylic acids is 1. The highest BCUT2D eigenvalue weighted by Gasteiger charge is 2.43. The molecule has 1 amide bonds. The van der Waals surface area contributed by atoms with Crippen LogP contribution in [0.25, 0.3) is 0 Å². The molecule has 0 aliphatic heterocycles. The van der Waals surface area contributed by atoms with E-state index in [0.717, 1.165) is 12.1 Å². The van der Waals surface area contributed by atoms with E-state index in [0.29, 0.717) is 25.3 Å². The Kier molecular flexibility index (Phi) is 4.94. The van der Waals surface area contributed by atoms with Crippen molar-refractivity contribution < 1.29 is 14.7 Å². The molecule has 5 nitrogen and oxygen atoms in total. The van der Waals surface area contributed by atoms with Crippen molar-refractivity contribution in [2.24, 2.45) is 17.8 Å². The number of rotatable bonds is 5. The highest BCUT2D eigenvalue weighted by atomic mass is 16.4. The summed E-state index contributed by atoms with van der Waals surface area (Å²) in [5.41, 5.74) is 0.779. The molecule has 1 heterocycles. The molecule has 3 unspecified atom stereocenters. The summed E-state index contributed by atoms with van der Waals surface area (Å²) in [6, 6.07) is 3.56. The Hall–Kier alpha value is -1.91. The number of carbonyl (C=O) groups is 2. The second kappa shape index (κ2) is 6.70. The smallest absolute Gasteiger partial charge is 0.307 e. The fourth-order valence-electron chi connectivity index (χ4n) is 3.21. The SMILES string of the molecule is CCC1CC(C(=O)O)C(C(=O)N(CC)c2ccncc2)C1. The minimum Gasteiger partial charge on any atom is -0.481 e. The van der Waals surface area contributed by atoms with Crippen LogP contribution in [0.1, 0.15) is 33.1 Å². The first-order valence-electron chi connectivity index (χ1n) is 7.52. The lowest BCUT2D eigenvalue weighted by Gasteiger charge is -2.26. The summed E-state index contributed by atoms with van der Waals surface area (Å²) in [4.78, 5) is 29.9. The van der Waals surface area contributed by atoms with Gasteiger partial charge in [-0.1, -0.05) is 13.3 Å². The summed E-state index contributed by atoms with van der Waals surface area (Å²) >= 11 is 0. The Morgan fingerprint density at radius 3 is 2.38 bits per heavy atom. The quantitative estimate of drug-likeness (QED) is 0.904. The topological polar surface area (TPSA) is 70.5 Å². The Bertz CT molecular complexity index is 504. The standard InChI is InChI=1S/C16H22N2O3/c1-3-11-9-13(14(10-11)16(20)21)15(19)18(4-2)12-5-7-17-8-6-12/h5-8,11,13-14H,3-4,9-10H2,1-2H3,(H,20,21). The van der Waals surface area contributed by atoms with E-state index in [-0.39, 0.29) is 5.91 Å². The number of nitrogens with zero attached hydrogens (tertiary/aromatic N) is 2. The zero-order valence-electron chi connectivity index (χ0n) is 12.5. The first kappa shape index (κ1) is 15.5. The van der Waals surface area contributed by atoms with Gasteiger partial charge in [0.15, 0.2) is 0 Å². The zero-order chi connectivity index (χ0) is 15.4. The van der Waals surface area contributed by atoms with E-state index in [1.165, 1.54) is 0 Å². The molecule has 2 rings (SSSR count). The van der Waals surface area contributed by atoms with Crippen molar-refractivity contribution in [1.82, 2.24) is 4.98 Å². The van der Waals surface area contributed by atoms with E-state index >= 15 is 0 Å². The second-order valence-electron chi connectivity index (χ2n) is 5.58. The minimum atomic E-state index is -0.852. The number of pyridine rings is 1. The summed E-state index contributed by atoms with van der Waals surface area (Å²) in [7, 11) is 0. The molecule has 1 aliphatic carbocycles. The van der Waals surface area contributed by atoms with E-state index in [1.54, 1.807) is 29.4 Å². The maximum Gasteiger partial charge on any atom is 0.307 e. The van der Waals surface area contributed by atoms with Crippen molar-refractivity contribution in [1.29, 1.82) is 0 Å². The van der Waals surface area contributed by atoms with Gasteiger partial charge in [0.1, 0.15) is 0 Å². The summed E-state index contributed by atoms with van der Waals surface area (Å²) in [6.45, 7) is 4.49. The predicted molar refractivity (Wildman–Crippen MR) is 79.9 cm³/mol. The van der Waals surface area contributed by atoms with Crippen molar-refractivity contribution in [2.75, 3.05) is 11.4 Å². The number of hydrogen-bond donors (Lipinski definition) is 1. The van der Waals surface area contributed by atoms with Crippen LogP contribution in [-0.4, -0.2) is 28.5 Å². The summed E-state index contributed by atoms with van der Waals surface area (Å²) in [5.74, 6) is -1.57. The first-order chi connectivity index (χ1) is 10.1. The fraction of sp³-hybridized carbons (Fsp3) is 0.562. The lowest BCUT2D eigenvalue weighted by Crippen LogP contribution is -2.39. The average molecular weight is 290 g/mol. The number of aromatic nitrogens is 1. The third kappa shape index (κ3) is 3.23. The second-order valence-corrected chi connectivity index (χ2v) is 5.58. The average Bonchev–Trinajstić information content (AvgIpc) is 2.93. The van der Waals surface area contributed by atoms with Gasteiger partial charge in [0, 0.05) is 24.6 Å². The van der Waals surface area contributed by atoms with Crippen LogP contribution >= 0.6 is 0 Å². The third-order valence-corrected chi connectivity index (χ3v) is 4.43. The molecule has 0 aromatic carbocycles. The van der Waals surface area contributed by atoms with Gasteiger partial charge in [-0.25, -0.2) is 0 Å². The number of hydrogen-bond acceptors (Lipinski definition) is 3. The van der Waals surface area contributed by atoms with Gasteiger partial charge in [-0.15, -0.1) is 0 Å². The lowest BCUT2D eigenvalue weighted by atomic mass is 9.94. The van der Waals surface area contributed by atoms with Crippen LogP contribution in [0.3, 0.4) is 0 Å². The van der Waals surface area contributed by atoms with Crippen LogP contribution in [-0.2, 0) is 9.59 Å². The molecule has 1 aliphatic rings. The van der Waals surface area contributed by atoms with Gasteiger partial charge in [0.2, 0.25) is 5.91 Å². The molecular weight excluding hydrogens is 268 g/mol. The Morgan fingerprint density at radius 1 is 1.24 bits per heavy atom. The van der Waals surface area contributed by atoms with Gasteiger partial charge in [0.25, 0.3) is 0 Å². The number of carboxylic acid groups (broad SMARTS) is 1. The zero-order valence-corrected chi connectivity index (χ0v) is 12.5. The van der Waals surface area contributed by atoms with E-state index in [4.69, 9.17) is 0 Å². The van der Waals surface area contributed by atoms with E-state index in [9.17, 15) is 14.7 Å². The van der Waals surface area contributed by atoms with Crippen LogP contribution in [0.2, 0.25) is 0 Å². The van der Waals surface area contributed by atoms with Crippen molar-refractivity contribution in [2.45, 2.75) is 33.1 Å². The molecular formula is C16H22N2O3. The van der Waals surface area contributed by atoms with Crippen LogP contribution in [0, 0.1) is 17.8 Å². The number of anilines is 1. The minimum absolute atomic E-state index is 0.0768. The van der Waals surface area contributed by atoms with Crippen molar-refractivity contribution in [3.63, 3.8) is 0 Å². The number of aliphatic carboxylic acids is 1. The lowest BCUT2D eigenvalue weighted by molar-refractivity contribution is -0.145. The van der Waals surface area contributed by atoms with Gasteiger partial charge < -0.3 is 10.0 Å². The molecule has 1 N–H and O–H groups in total. The molecule has 21 heavy (non-hydrogen) atoms. The molecule has 1 aromatic rings. The predicted octanol–water partition coefficient (Wildman–Crippen LogP) is 2.57. The normalized spacial score (nSPS) is 24.8. The molecule has 0 saturated heterocycles. The Morgan fingerprint density at radius 2 is 1.86 bits per heavy atom. The van der Waals surface area contributed by atoms with Crippen LogP contribution in [0.4, 0.5) is 5.69 Å². The molecule has 0 spiro atoms. The molecule has 1 aromatic heterocycles. The van der Waals surface area contributed by atoms with Gasteiger partial charge in [0.05, 0.1) is 11.8 Å². The highest BCUT2D eigenvalue weighted by Crippen LogP contribution is 2.39. The molecule has 1 saturated carbocycles. The Balaban J connectivity index is 2.22. The van der Waals surface area contributed by atoms with Gasteiger partial charge in [-0.05, 0) is 37.8 Å². The van der Waals surface area contributed by atoms with E-state index < -0.39 is 17.8 Å². The molecule has 0 radical (unpaired) electrons. The van der Waals surface area contributed by atoms with Crippen molar-refractivity contribution >= 4 is 17.6 Å². The van der Waals surface area contributed by atoms with Gasteiger partial charge >= 0.3 is 5.97 Å². The summed E-state index contributed by atoms with van der Waals surface area (Å²) in [6.07, 6.45) is 5.49. The largest absolute Gasteiger partial charge is 0.481 e.